The fraction of sp³-hybridized carbons (Fsp3) is 0.625. The van der Waals surface area contributed by atoms with E-state index in [9.17, 15) is 0 Å². The molecule has 0 aliphatic heterocycles. The molecule has 1 N–H and O–H groups in total. The van der Waals surface area contributed by atoms with Crippen LogP contribution in [0.3, 0.4) is 0 Å². The van der Waals surface area contributed by atoms with Gasteiger partial charge in [-0.15, -0.1) is 0 Å². The Labute approximate surface area is 112 Å². The number of rotatable bonds is 8. The molecule has 18 heavy (non-hydrogen) atoms. The van der Waals surface area contributed by atoms with Crippen molar-refractivity contribution in [3.8, 4) is 0 Å². The maximum absolute atomic E-state index is 5.75. The monoisotopic (exact) mass is 249 g/mol. The summed E-state index contributed by atoms with van der Waals surface area (Å²) in [6.45, 7) is 10.4. The summed E-state index contributed by atoms with van der Waals surface area (Å²) in [7, 11) is 0. The highest BCUT2D eigenvalue weighted by molar-refractivity contribution is 5.26. The maximum atomic E-state index is 5.75. The average Bonchev–Trinajstić information content (AvgIpc) is 2.35. The van der Waals surface area contributed by atoms with Gasteiger partial charge in [0.25, 0.3) is 0 Å². The van der Waals surface area contributed by atoms with Crippen LogP contribution in [-0.2, 0) is 11.2 Å². The molecule has 2 heteroatoms. The van der Waals surface area contributed by atoms with Gasteiger partial charge in [-0.25, -0.2) is 0 Å². The molecule has 1 aromatic carbocycles. The zero-order chi connectivity index (χ0) is 13.4. The van der Waals surface area contributed by atoms with Gasteiger partial charge < -0.3 is 10.1 Å². The lowest BCUT2D eigenvalue weighted by Crippen LogP contribution is -2.37. The first-order valence-corrected chi connectivity index (χ1v) is 7.03. The first kappa shape index (κ1) is 15.2. The average molecular weight is 249 g/mol. The SMILES string of the molecule is CCCNC(COC(C)C)Cc1ccccc1C. The van der Waals surface area contributed by atoms with Crippen LogP contribution in [0.25, 0.3) is 0 Å². The summed E-state index contributed by atoms with van der Waals surface area (Å²) >= 11 is 0. The Bertz CT molecular complexity index is 336. The van der Waals surface area contributed by atoms with Gasteiger partial charge in [0.15, 0.2) is 0 Å². The Morgan fingerprint density at radius 1 is 1.22 bits per heavy atom. The molecule has 0 aliphatic rings. The molecule has 1 rings (SSSR count). The second kappa shape index (κ2) is 8.28. The third-order valence-electron chi connectivity index (χ3n) is 3.04. The zero-order valence-corrected chi connectivity index (χ0v) is 12.2. The molecule has 0 aromatic heterocycles. The number of aryl methyl sites for hydroxylation is 1. The smallest absolute Gasteiger partial charge is 0.0626 e. The van der Waals surface area contributed by atoms with Crippen molar-refractivity contribution in [1.29, 1.82) is 0 Å². The molecular weight excluding hydrogens is 222 g/mol. The number of hydrogen-bond acceptors (Lipinski definition) is 2. The van der Waals surface area contributed by atoms with Gasteiger partial charge in [-0.1, -0.05) is 31.2 Å². The third kappa shape index (κ3) is 5.65. The molecule has 0 aliphatic carbocycles. The summed E-state index contributed by atoms with van der Waals surface area (Å²) in [6.07, 6.45) is 2.50. The van der Waals surface area contributed by atoms with Gasteiger partial charge in [-0.2, -0.15) is 0 Å². The largest absolute Gasteiger partial charge is 0.377 e. The summed E-state index contributed by atoms with van der Waals surface area (Å²) in [5.41, 5.74) is 2.78. The molecular formula is C16H27NO. The predicted molar refractivity (Wildman–Crippen MR) is 78.1 cm³/mol. The molecule has 102 valence electrons. The van der Waals surface area contributed by atoms with Gasteiger partial charge >= 0.3 is 0 Å². The second-order valence-corrected chi connectivity index (χ2v) is 5.16. The van der Waals surface area contributed by atoms with Crippen LogP contribution in [-0.4, -0.2) is 25.3 Å². The first-order valence-electron chi connectivity index (χ1n) is 7.03. The van der Waals surface area contributed by atoms with E-state index in [0.717, 1.165) is 26.0 Å². The molecule has 1 aromatic rings. The Kier molecular flexibility index (Phi) is 6.99. The summed E-state index contributed by atoms with van der Waals surface area (Å²) in [4.78, 5) is 0. The van der Waals surface area contributed by atoms with Crippen LogP contribution in [0.1, 0.15) is 38.3 Å². The molecule has 0 saturated heterocycles. The van der Waals surface area contributed by atoms with Crippen molar-refractivity contribution < 1.29 is 4.74 Å². The number of ether oxygens (including phenoxy) is 1. The lowest BCUT2D eigenvalue weighted by molar-refractivity contribution is 0.0613. The highest BCUT2D eigenvalue weighted by atomic mass is 16.5. The Morgan fingerprint density at radius 3 is 2.56 bits per heavy atom. The minimum Gasteiger partial charge on any atom is -0.377 e. The van der Waals surface area contributed by atoms with Crippen LogP contribution in [0.15, 0.2) is 24.3 Å². The molecule has 2 nitrogen and oxygen atoms in total. The fourth-order valence-electron chi connectivity index (χ4n) is 1.95. The Morgan fingerprint density at radius 2 is 1.94 bits per heavy atom. The fourth-order valence-corrected chi connectivity index (χ4v) is 1.95. The molecule has 0 bridgehead atoms. The summed E-state index contributed by atoms with van der Waals surface area (Å²) in [5.74, 6) is 0. The number of nitrogens with one attached hydrogen (secondary N) is 1. The van der Waals surface area contributed by atoms with Crippen molar-refractivity contribution in [2.24, 2.45) is 0 Å². The lowest BCUT2D eigenvalue weighted by Gasteiger charge is -2.21. The molecule has 0 radical (unpaired) electrons. The molecule has 0 amide bonds. The van der Waals surface area contributed by atoms with E-state index in [1.165, 1.54) is 11.1 Å². The molecule has 0 heterocycles. The highest BCUT2D eigenvalue weighted by Gasteiger charge is 2.11. The Balaban J connectivity index is 2.56. The van der Waals surface area contributed by atoms with E-state index in [-0.39, 0.29) is 0 Å². The molecule has 0 saturated carbocycles. The van der Waals surface area contributed by atoms with Crippen LogP contribution in [0, 0.1) is 6.92 Å². The standard InChI is InChI=1S/C16H27NO/c1-5-10-17-16(12-18-13(2)3)11-15-9-7-6-8-14(15)4/h6-9,13,16-17H,5,10-12H2,1-4H3. The predicted octanol–water partition coefficient (Wildman–Crippen LogP) is 3.33. The summed E-state index contributed by atoms with van der Waals surface area (Å²) in [5, 5.41) is 3.58. The third-order valence-corrected chi connectivity index (χ3v) is 3.04. The van der Waals surface area contributed by atoms with Crippen LogP contribution >= 0.6 is 0 Å². The van der Waals surface area contributed by atoms with Crippen molar-refractivity contribution in [3.05, 3.63) is 35.4 Å². The van der Waals surface area contributed by atoms with Gasteiger partial charge in [-0.05, 0) is 51.3 Å². The summed E-state index contributed by atoms with van der Waals surface area (Å²) < 4.78 is 5.75. The van der Waals surface area contributed by atoms with Crippen LogP contribution in [0.5, 0.6) is 0 Å². The minimum absolute atomic E-state index is 0.299. The van der Waals surface area contributed by atoms with Gasteiger partial charge in [0.2, 0.25) is 0 Å². The van der Waals surface area contributed by atoms with Crippen molar-refractivity contribution in [1.82, 2.24) is 5.32 Å². The topological polar surface area (TPSA) is 21.3 Å². The van der Waals surface area contributed by atoms with Crippen LogP contribution in [0.2, 0.25) is 0 Å². The van der Waals surface area contributed by atoms with Crippen molar-refractivity contribution in [3.63, 3.8) is 0 Å². The van der Waals surface area contributed by atoms with Crippen molar-refractivity contribution in [2.75, 3.05) is 13.2 Å². The summed E-state index contributed by atoms with van der Waals surface area (Å²) in [6, 6.07) is 9.01. The van der Waals surface area contributed by atoms with E-state index in [1.807, 2.05) is 0 Å². The van der Waals surface area contributed by atoms with Gasteiger partial charge in [0.1, 0.15) is 0 Å². The normalized spacial score (nSPS) is 12.9. The number of hydrogen-bond donors (Lipinski definition) is 1. The molecule has 1 atom stereocenters. The maximum Gasteiger partial charge on any atom is 0.0626 e. The van der Waals surface area contributed by atoms with Crippen LogP contribution < -0.4 is 5.32 Å². The number of benzene rings is 1. The van der Waals surface area contributed by atoms with E-state index in [0.29, 0.717) is 12.1 Å². The van der Waals surface area contributed by atoms with E-state index in [2.05, 4.69) is 57.3 Å². The quantitative estimate of drug-likeness (QED) is 0.763. The molecule has 0 fully saturated rings. The van der Waals surface area contributed by atoms with Gasteiger partial charge in [0, 0.05) is 6.04 Å². The van der Waals surface area contributed by atoms with Crippen LogP contribution in [0.4, 0.5) is 0 Å². The zero-order valence-electron chi connectivity index (χ0n) is 12.2. The van der Waals surface area contributed by atoms with Gasteiger partial charge in [0.05, 0.1) is 12.7 Å². The second-order valence-electron chi connectivity index (χ2n) is 5.16. The molecule has 0 spiro atoms. The first-order chi connectivity index (χ1) is 8.63. The minimum atomic E-state index is 0.299. The lowest BCUT2D eigenvalue weighted by atomic mass is 10.0. The van der Waals surface area contributed by atoms with Crippen molar-refractivity contribution in [2.45, 2.75) is 52.7 Å². The highest BCUT2D eigenvalue weighted by Crippen LogP contribution is 2.10. The van der Waals surface area contributed by atoms with E-state index < -0.39 is 0 Å². The van der Waals surface area contributed by atoms with Crippen molar-refractivity contribution >= 4 is 0 Å². The molecule has 1 unspecified atom stereocenters. The van der Waals surface area contributed by atoms with E-state index in [1.54, 1.807) is 0 Å². The Hall–Kier alpha value is -0.860. The van der Waals surface area contributed by atoms with E-state index >= 15 is 0 Å². The van der Waals surface area contributed by atoms with E-state index in [4.69, 9.17) is 4.74 Å². The van der Waals surface area contributed by atoms with Gasteiger partial charge in [-0.3, -0.25) is 0 Å².